The Morgan fingerprint density at radius 2 is 2.00 bits per heavy atom. The second kappa shape index (κ2) is 7.39. The molecule has 10 heteroatoms. The van der Waals surface area contributed by atoms with Crippen LogP contribution in [0.1, 0.15) is 6.92 Å². The Morgan fingerprint density at radius 1 is 1.35 bits per heavy atom. The summed E-state index contributed by atoms with van der Waals surface area (Å²) in [6.45, 7) is 3.48. The van der Waals surface area contributed by atoms with E-state index in [4.69, 9.17) is 0 Å². The highest BCUT2D eigenvalue weighted by Gasteiger charge is 2.35. The third-order valence-corrected chi connectivity index (χ3v) is 7.19. The molecule has 8 nitrogen and oxygen atoms in total. The molecule has 3 N–H and O–H groups in total. The molecule has 0 aromatic carbocycles. The van der Waals surface area contributed by atoms with Crippen LogP contribution in [0.4, 0.5) is 4.79 Å². The van der Waals surface area contributed by atoms with Gasteiger partial charge in [0.1, 0.15) is 4.21 Å². The maximum absolute atomic E-state index is 12.4. The van der Waals surface area contributed by atoms with Gasteiger partial charge in [0.25, 0.3) is 15.9 Å². The molecule has 2 heterocycles. The van der Waals surface area contributed by atoms with Gasteiger partial charge in [-0.2, -0.15) is 4.31 Å². The summed E-state index contributed by atoms with van der Waals surface area (Å²) in [5.74, 6) is -0.367. The van der Waals surface area contributed by atoms with E-state index in [1.165, 1.54) is 22.7 Å². The molecule has 1 aromatic rings. The van der Waals surface area contributed by atoms with Gasteiger partial charge in [0.05, 0.1) is 26.2 Å². The predicted octanol–water partition coefficient (Wildman–Crippen LogP) is -1.52. The van der Waals surface area contributed by atoms with Crippen molar-refractivity contribution in [2.75, 3.05) is 33.2 Å². The number of carbonyl (C=O) groups excluding carboxylic acids is 2. The van der Waals surface area contributed by atoms with E-state index in [9.17, 15) is 18.0 Å². The first-order valence-electron chi connectivity index (χ1n) is 7.27. The van der Waals surface area contributed by atoms with Crippen molar-refractivity contribution in [1.82, 2.24) is 14.9 Å². The molecule has 3 amide bonds. The third-order valence-electron chi connectivity index (χ3n) is 3.92. The number of hydrogen-bond acceptors (Lipinski definition) is 5. The van der Waals surface area contributed by atoms with Gasteiger partial charge in [0, 0.05) is 7.05 Å². The van der Waals surface area contributed by atoms with E-state index >= 15 is 0 Å². The predicted molar refractivity (Wildman–Crippen MR) is 85.8 cm³/mol. The minimum atomic E-state index is -3.44. The molecule has 0 saturated carbocycles. The molecule has 1 saturated heterocycles. The number of urea groups is 1. The highest BCUT2D eigenvalue weighted by atomic mass is 32.2. The number of hydrogen-bond donors (Lipinski definition) is 3. The molecule has 1 aromatic heterocycles. The van der Waals surface area contributed by atoms with Crippen LogP contribution in [0, 0.1) is 0 Å². The van der Waals surface area contributed by atoms with E-state index in [1.54, 1.807) is 24.4 Å². The van der Waals surface area contributed by atoms with Gasteiger partial charge in [-0.1, -0.05) is 6.07 Å². The van der Waals surface area contributed by atoms with Crippen molar-refractivity contribution in [3.05, 3.63) is 17.5 Å². The van der Waals surface area contributed by atoms with E-state index in [-0.39, 0.29) is 5.91 Å². The van der Waals surface area contributed by atoms with Gasteiger partial charge < -0.3 is 10.2 Å². The van der Waals surface area contributed by atoms with Crippen LogP contribution < -0.4 is 15.5 Å². The number of nitrogens with zero attached hydrogens (tertiary/aromatic N) is 1. The van der Waals surface area contributed by atoms with Crippen molar-refractivity contribution in [2.24, 2.45) is 0 Å². The number of piperazine rings is 1. The summed E-state index contributed by atoms with van der Waals surface area (Å²) in [6, 6.07) is 2.35. The van der Waals surface area contributed by atoms with Gasteiger partial charge in [0.15, 0.2) is 6.04 Å². The summed E-state index contributed by atoms with van der Waals surface area (Å²) in [6.07, 6.45) is 0. The molecule has 1 atom stereocenters. The number of sulfonamides is 1. The van der Waals surface area contributed by atoms with Crippen LogP contribution in [0.25, 0.3) is 0 Å². The molecule has 2 rings (SSSR count). The molecular weight excluding hydrogens is 340 g/mol. The summed E-state index contributed by atoms with van der Waals surface area (Å²) < 4.78 is 26.7. The number of rotatable bonds is 4. The van der Waals surface area contributed by atoms with Crippen LogP contribution >= 0.6 is 11.3 Å². The fourth-order valence-electron chi connectivity index (χ4n) is 2.45. The topological polar surface area (TPSA) is 100 Å². The van der Waals surface area contributed by atoms with E-state index in [0.717, 1.165) is 4.90 Å². The summed E-state index contributed by atoms with van der Waals surface area (Å²) in [5, 5.41) is 6.32. The smallest absolute Gasteiger partial charge is 0.321 e. The lowest BCUT2D eigenvalue weighted by Gasteiger charge is -2.33. The van der Waals surface area contributed by atoms with Crippen molar-refractivity contribution >= 4 is 33.3 Å². The second-order valence-electron chi connectivity index (χ2n) is 5.28. The maximum Gasteiger partial charge on any atom is 0.321 e. The Hall–Kier alpha value is -1.49. The normalized spacial score (nSPS) is 18.3. The fourth-order valence-corrected chi connectivity index (χ4v) is 5.04. The van der Waals surface area contributed by atoms with Gasteiger partial charge in [-0.05, 0) is 18.4 Å². The molecule has 0 radical (unpaired) electrons. The van der Waals surface area contributed by atoms with Crippen LogP contribution in [-0.2, 0) is 14.8 Å². The Morgan fingerprint density at radius 3 is 2.52 bits per heavy atom. The zero-order chi connectivity index (χ0) is 17.0. The lowest BCUT2D eigenvalue weighted by atomic mass is 10.2. The summed E-state index contributed by atoms with van der Waals surface area (Å²) in [5.41, 5.74) is 0. The molecule has 1 aliphatic rings. The number of carbonyl (C=O) groups is 2. The van der Waals surface area contributed by atoms with E-state index < -0.39 is 22.1 Å². The van der Waals surface area contributed by atoms with Crippen molar-refractivity contribution in [3.8, 4) is 0 Å². The number of amides is 3. The zero-order valence-electron chi connectivity index (χ0n) is 13.0. The molecule has 1 aliphatic heterocycles. The summed E-state index contributed by atoms with van der Waals surface area (Å²) in [4.78, 5) is 24.1. The molecular formula is C13H21N4O4S2+. The Kier molecular flexibility index (Phi) is 5.74. The lowest BCUT2D eigenvalue weighted by Crippen LogP contribution is -3.19. The van der Waals surface area contributed by atoms with E-state index in [2.05, 4.69) is 10.6 Å². The maximum atomic E-state index is 12.4. The van der Waals surface area contributed by atoms with Crippen LogP contribution in [0.2, 0.25) is 0 Å². The Labute approximate surface area is 139 Å². The molecule has 0 aliphatic carbocycles. The molecule has 1 fully saturated rings. The lowest BCUT2D eigenvalue weighted by molar-refractivity contribution is -0.917. The number of nitrogens with one attached hydrogen (secondary N) is 3. The quantitative estimate of drug-likeness (QED) is 0.606. The highest BCUT2D eigenvalue weighted by Crippen LogP contribution is 2.20. The first kappa shape index (κ1) is 17.9. The van der Waals surface area contributed by atoms with Crippen LogP contribution in [0.3, 0.4) is 0 Å². The number of thiophene rings is 1. The van der Waals surface area contributed by atoms with Crippen molar-refractivity contribution < 1.29 is 22.9 Å². The van der Waals surface area contributed by atoms with Gasteiger partial charge in [-0.3, -0.25) is 10.1 Å². The molecule has 128 valence electrons. The molecule has 23 heavy (non-hydrogen) atoms. The average Bonchev–Trinajstić information content (AvgIpc) is 3.09. The monoisotopic (exact) mass is 361 g/mol. The van der Waals surface area contributed by atoms with E-state index in [0.29, 0.717) is 30.4 Å². The average molecular weight is 361 g/mol. The largest absolute Gasteiger partial charge is 0.341 e. The zero-order valence-corrected chi connectivity index (χ0v) is 14.7. The summed E-state index contributed by atoms with van der Waals surface area (Å²) in [7, 11) is -2.00. The van der Waals surface area contributed by atoms with Crippen LogP contribution in [0.15, 0.2) is 21.7 Å². The molecule has 0 spiro atoms. The number of quaternary nitrogens is 1. The van der Waals surface area contributed by atoms with Crippen molar-refractivity contribution in [1.29, 1.82) is 0 Å². The summed E-state index contributed by atoms with van der Waals surface area (Å²) >= 11 is 1.20. The second-order valence-corrected chi connectivity index (χ2v) is 8.40. The van der Waals surface area contributed by atoms with Gasteiger partial charge >= 0.3 is 6.03 Å². The first-order chi connectivity index (χ1) is 10.9. The third kappa shape index (κ3) is 4.08. The fraction of sp³-hybridized carbons (Fsp3) is 0.538. The number of imide groups is 1. The van der Waals surface area contributed by atoms with Crippen LogP contribution in [-0.4, -0.2) is 63.9 Å². The Balaban J connectivity index is 1.93. The molecule has 0 unspecified atom stereocenters. The minimum Gasteiger partial charge on any atom is -0.341 e. The van der Waals surface area contributed by atoms with Gasteiger partial charge in [0.2, 0.25) is 0 Å². The molecule has 0 bridgehead atoms. The van der Waals surface area contributed by atoms with Crippen LogP contribution in [0.5, 0.6) is 0 Å². The van der Waals surface area contributed by atoms with Crippen molar-refractivity contribution in [2.45, 2.75) is 17.2 Å². The van der Waals surface area contributed by atoms with E-state index in [1.807, 2.05) is 0 Å². The van der Waals surface area contributed by atoms with Gasteiger partial charge in [-0.15, -0.1) is 11.3 Å². The first-order valence-corrected chi connectivity index (χ1v) is 9.59. The highest BCUT2D eigenvalue weighted by molar-refractivity contribution is 7.91. The minimum absolute atomic E-state index is 0.339. The Bertz CT molecular complexity index is 652. The standard InChI is InChI=1S/C13H20N4O4S2/c1-10(12(18)15-13(19)14-2)16-5-7-17(8-6-16)23(20,21)11-4-3-9-22-11/h3-4,9-10H,5-8H2,1-2H3,(H2,14,15,18,19)/p+1/t10-/m1/s1. The van der Waals surface area contributed by atoms with Crippen molar-refractivity contribution in [3.63, 3.8) is 0 Å². The van der Waals surface area contributed by atoms with Gasteiger partial charge in [-0.25, -0.2) is 13.2 Å². The SMILES string of the molecule is CNC(=O)NC(=O)[C@@H](C)[NH+]1CCN(S(=O)(=O)c2cccs2)CC1.